The van der Waals surface area contributed by atoms with Crippen molar-refractivity contribution in [3.05, 3.63) is 59.4 Å². The van der Waals surface area contributed by atoms with Gasteiger partial charge in [-0.1, -0.05) is 12.1 Å². The number of aromatic nitrogens is 4. The van der Waals surface area contributed by atoms with Crippen molar-refractivity contribution in [1.29, 1.82) is 0 Å². The van der Waals surface area contributed by atoms with Crippen molar-refractivity contribution in [2.45, 2.75) is 19.0 Å². The van der Waals surface area contributed by atoms with Crippen molar-refractivity contribution in [3.63, 3.8) is 0 Å². The van der Waals surface area contributed by atoms with Gasteiger partial charge in [0, 0.05) is 12.6 Å². The highest BCUT2D eigenvalue weighted by Gasteiger charge is 2.40. The number of hydrogen-bond donors (Lipinski definition) is 2. The zero-order valence-corrected chi connectivity index (χ0v) is 15.8. The maximum atomic E-state index is 13.6. The molecule has 3 aromatic rings. The summed E-state index contributed by atoms with van der Waals surface area (Å²) >= 11 is 0. The highest BCUT2D eigenvalue weighted by atomic mass is 19.4. The van der Waals surface area contributed by atoms with Gasteiger partial charge in [0.25, 0.3) is 5.91 Å². The second kappa shape index (κ2) is 8.80. The lowest BCUT2D eigenvalue weighted by Crippen LogP contribution is -2.27. The minimum atomic E-state index is -4.84. The van der Waals surface area contributed by atoms with Gasteiger partial charge in [-0.3, -0.25) is 4.79 Å². The third kappa shape index (κ3) is 4.85. The largest absolute Gasteiger partial charge is 0.508 e. The predicted octanol–water partition coefficient (Wildman–Crippen LogP) is 2.76. The molecule has 0 saturated heterocycles. The van der Waals surface area contributed by atoms with E-state index in [9.17, 15) is 23.1 Å². The molecule has 1 amide bonds. The number of methoxy groups -OCH3 is 1. The lowest BCUT2D eigenvalue weighted by molar-refractivity contribution is -0.143. The van der Waals surface area contributed by atoms with Crippen LogP contribution in [0.2, 0.25) is 0 Å². The fourth-order valence-corrected chi connectivity index (χ4v) is 2.75. The quantitative estimate of drug-likeness (QED) is 0.569. The molecule has 0 fully saturated rings. The van der Waals surface area contributed by atoms with E-state index in [0.29, 0.717) is 17.5 Å². The second-order valence-electron chi connectivity index (χ2n) is 6.28. The fourth-order valence-electron chi connectivity index (χ4n) is 2.75. The van der Waals surface area contributed by atoms with Crippen LogP contribution in [0.25, 0.3) is 5.82 Å². The summed E-state index contributed by atoms with van der Waals surface area (Å²) < 4.78 is 46.3. The fraction of sp³-hybridized carbons (Fsp3) is 0.263. The summed E-state index contributed by atoms with van der Waals surface area (Å²) in [4.78, 5) is 12.4. The van der Waals surface area contributed by atoms with Gasteiger partial charge in [0.15, 0.2) is 11.5 Å². The lowest BCUT2D eigenvalue weighted by atomic mass is 10.1. The Labute approximate surface area is 169 Å². The van der Waals surface area contributed by atoms with Gasteiger partial charge in [-0.25, -0.2) is 4.68 Å². The monoisotopic (exact) mass is 421 g/mol. The van der Waals surface area contributed by atoms with Crippen molar-refractivity contribution in [3.8, 4) is 17.4 Å². The van der Waals surface area contributed by atoms with E-state index in [4.69, 9.17) is 4.74 Å². The normalized spacial score (nSPS) is 11.3. The van der Waals surface area contributed by atoms with E-state index in [1.54, 1.807) is 24.3 Å². The highest BCUT2D eigenvalue weighted by Crippen LogP contribution is 2.33. The topological polar surface area (TPSA) is 102 Å². The zero-order chi connectivity index (χ0) is 21.7. The first-order valence-corrected chi connectivity index (χ1v) is 8.89. The molecule has 8 nitrogen and oxygen atoms in total. The Kier molecular flexibility index (Phi) is 6.19. The molecule has 3 rings (SSSR count). The summed E-state index contributed by atoms with van der Waals surface area (Å²) in [6.07, 6.45) is -2.88. The number of phenolic OH excluding ortho intramolecular Hbond substituents is 1. The van der Waals surface area contributed by atoms with E-state index in [1.165, 1.54) is 19.2 Å². The Hall–Kier alpha value is -3.63. The number of ether oxygens (including phenoxy) is 1. The number of nitrogens with zero attached hydrogens (tertiary/aromatic N) is 4. The number of rotatable bonds is 7. The molecule has 0 saturated carbocycles. The van der Waals surface area contributed by atoms with Crippen LogP contribution < -0.4 is 10.1 Å². The number of benzene rings is 1. The Morgan fingerprint density at radius 1 is 1.17 bits per heavy atom. The molecule has 30 heavy (non-hydrogen) atoms. The third-order valence-corrected chi connectivity index (χ3v) is 4.20. The Bertz CT molecular complexity index is 1000. The molecular weight excluding hydrogens is 403 g/mol. The smallest absolute Gasteiger partial charge is 0.434 e. The van der Waals surface area contributed by atoms with Gasteiger partial charge >= 0.3 is 6.18 Å². The maximum absolute atomic E-state index is 13.6. The van der Waals surface area contributed by atoms with Gasteiger partial charge in [-0.2, -0.15) is 18.3 Å². The van der Waals surface area contributed by atoms with Crippen molar-refractivity contribution in [2.24, 2.45) is 0 Å². The first-order valence-electron chi connectivity index (χ1n) is 8.89. The molecular formula is C19H18F3N5O3. The molecule has 11 heteroatoms. The summed E-state index contributed by atoms with van der Waals surface area (Å²) in [5, 5.41) is 22.7. The van der Waals surface area contributed by atoms with E-state index in [2.05, 4.69) is 20.6 Å². The molecule has 0 spiro atoms. The van der Waals surface area contributed by atoms with E-state index >= 15 is 0 Å². The van der Waals surface area contributed by atoms with Gasteiger partial charge in [-0.05, 0) is 36.6 Å². The predicted molar refractivity (Wildman–Crippen MR) is 99.5 cm³/mol. The number of amides is 1. The van der Waals surface area contributed by atoms with Crippen molar-refractivity contribution in [2.75, 3.05) is 13.7 Å². The van der Waals surface area contributed by atoms with Gasteiger partial charge in [0.1, 0.15) is 5.75 Å². The van der Waals surface area contributed by atoms with Crippen molar-refractivity contribution in [1.82, 2.24) is 25.3 Å². The van der Waals surface area contributed by atoms with Gasteiger partial charge < -0.3 is 15.2 Å². The van der Waals surface area contributed by atoms with Crippen LogP contribution >= 0.6 is 0 Å². The molecule has 2 aromatic heterocycles. The Morgan fingerprint density at radius 3 is 2.50 bits per heavy atom. The molecule has 0 unspecified atom stereocenters. The number of hydrogen-bond acceptors (Lipinski definition) is 6. The zero-order valence-electron chi connectivity index (χ0n) is 15.8. The standard InChI is InChI=1S/C19H18F3N5O3/c1-30-16-9-8-15(25-26-16)27-17(19(20,21)22)14(11-24-27)18(29)23-10-2-3-12-4-6-13(28)7-5-12/h4-9,11,28H,2-3,10H2,1H3,(H,23,29). The van der Waals surface area contributed by atoms with Crippen LogP contribution in [-0.4, -0.2) is 44.6 Å². The summed E-state index contributed by atoms with van der Waals surface area (Å²) in [5.74, 6) is -0.813. The lowest BCUT2D eigenvalue weighted by Gasteiger charge is -2.12. The molecule has 0 radical (unpaired) electrons. The van der Waals surface area contributed by atoms with Gasteiger partial charge in [0.05, 0.1) is 18.9 Å². The van der Waals surface area contributed by atoms with Crippen LogP contribution in [0.1, 0.15) is 28.0 Å². The SMILES string of the molecule is COc1ccc(-n2ncc(C(=O)NCCCc3ccc(O)cc3)c2C(F)(F)F)nn1. The number of carbonyl (C=O) groups excluding carboxylic acids is 1. The summed E-state index contributed by atoms with van der Waals surface area (Å²) in [6.45, 7) is 0.171. The highest BCUT2D eigenvalue weighted by molar-refractivity contribution is 5.95. The van der Waals surface area contributed by atoms with Crippen molar-refractivity contribution < 1.29 is 27.8 Å². The minimum absolute atomic E-state index is 0.131. The van der Waals surface area contributed by atoms with E-state index in [0.717, 1.165) is 11.8 Å². The number of nitrogens with one attached hydrogen (secondary N) is 1. The summed E-state index contributed by atoms with van der Waals surface area (Å²) in [7, 11) is 1.35. The van der Waals surface area contributed by atoms with E-state index < -0.39 is 23.3 Å². The second-order valence-corrected chi connectivity index (χ2v) is 6.28. The molecule has 1 aromatic carbocycles. The number of aromatic hydroxyl groups is 1. The number of phenols is 1. The number of halogens is 3. The molecule has 2 heterocycles. The maximum Gasteiger partial charge on any atom is 0.434 e. The van der Waals surface area contributed by atoms with E-state index in [1.807, 2.05) is 0 Å². The first kappa shape index (κ1) is 21.1. The number of carbonyl (C=O) groups is 1. The van der Waals surface area contributed by atoms with Crippen LogP contribution in [0.5, 0.6) is 11.6 Å². The van der Waals surface area contributed by atoms with Crippen LogP contribution in [-0.2, 0) is 12.6 Å². The molecule has 2 N–H and O–H groups in total. The van der Waals surface area contributed by atoms with Crippen LogP contribution in [0.4, 0.5) is 13.2 Å². The van der Waals surface area contributed by atoms with Crippen molar-refractivity contribution >= 4 is 5.91 Å². The van der Waals surface area contributed by atoms with Gasteiger partial charge in [-0.15, -0.1) is 10.2 Å². The van der Waals surface area contributed by atoms with Crippen LogP contribution in [0, 0.1) is 0 Å². The average molecular weight is 421 g/mol. The molecule has 0 bridgehead atoms. The number of aryl methyl sites for hydroxylation is 1. The van der Waals surface area contributed by atoms with Crippen LogP contribution in [0.15, 0.2) is 42.6 Å². The summed E-state index contributed by atoms with van der Waals surface area (Å²) in [5.41, 5.74) is -0.910. The molecule has 0 aliphatic heterocycles. The average Bonchev–Trinajstić information content (AvgIpc) is 3.18. The number of alkyl halides is 3. The Morgan fingerprint density at radius 2 is 1.90 bits per heavy atom. The molecule has 0 aliphatic rings. The van der Waals surface area contributed by atoms with E-state index in [-0.39, 0.29) is 24.0 Å². The van der Waals surface area contributed by atoms with Crippen LogP contribution in [0.3, 0.4) is 0 Å². The molecule has 158 valence electrons. The third-order valence-electron chi connectivity index (χ3n) is 4.20. The molecule has 0 atom stereocenters. The molecule has 0 aliphatic carbocycles. The Balaban J connectivity index is 1.71. The minimum Gasteiger partial charge on any atom is -0.508 e. The van der Waals surface area contributed by atoms with Gasteiger partial charge in [0.2, 0.25) is 5.88 Å². The summed E-state index contributed by atoms with van der Waals surface area (Å²) in [6, 6.07) is 9.15. The first-order chi connectivity index (χ1) is 14.3.